The van der Waals surface area contributed by atoms with Crippen LogP contribution in [0.2, 0.25) is 0 Å². The molecular formula is C34H32N2O4. The highest BCUT2D eigenvalue weighted by Gasteiger charge is 2.56. The summed E-state index contributed by atoms with van der Waals surface area (Å²) >= 11 is 0. The van der Waals surface area contributed by atoms with Gasteiger partial charge >= 0.3 is 0 Å². The Morgan fingerprint density at radius 2 is 1.25 bits per heavy atom. The molecule has 0 unspecified atom stereocenters. The lowest BCUT2D eigenvalue weighted by Gasteiger charge is -2.37. The van der Waals surface area contributed by atoms with Gasteiger partial charge in [-0.15, -0.1) is 0 Å². The van der Waals surface area contributed by atoms with Gasteiger partial charge in [-0.2, -0.15) is 0 Å². The van der Waals surface area contributed by atoms with E-state index in [1.807, 2.05) is 56.6 Å². The zero-order valence-electron chi connectivity index (χ0n) is 22.6. The second-order valence-electron chi connectivity index (χ2n) is 10.9. The number of benzene rings is 4. The van der Waals surface area contributed by atoms with Gasteiger partial charge in [0.1, 0.15) is 23.9 Å². The van der Waals surface area contributed by atoms with Crippen molar-refractivity contribution < 1.29 is 18.9 Å². The van der Waals surface area contributed by atoms with Gasteiger partial charge in [0.15, 0.2) is 12.0 Å². The molecule has 2 aliphatic rings. The number of hydrogen-bond donors (Lipinski definition) is 0. The lowest BCUT2D eigenvalue weighted by atomic mass is 9.80. The lowest BCUT2D eigenvalue weighted by molar-refractivity contribution is -0.204. The second-order valence-corrected chi connectivity index (χ2v) is 10.9. The van der Waals surface area contributed by atoms with E-state index < -0.39 is 17.6 Å². The normalized spacial score (nSPS) is 23.9. The third-order valence-corrected chi connectivity index (χ3v) is 7.89. The van der Waals surface area contributed by atoms with Crippen LogP contribution in [0.4, 0.5) is 0 Å². The van der Waals surface area contributed by atoms with Crippen LogP contribution in [0.25, 0.3) is 11.0 Å². The Morgan fingerprint density at radius 3 is 1.85 bits per heavy atom. The molecule has 4 aromatic carbocycles. The average Bonchev–Trinajstić information content (AvgIpc) is 3.66. The van der Waals surface area contributed by atoms with Gasteiger partial charge in [-0.05, 0) is 42.7 Å². The maximum atomic E-state index is 7.12. The van der Waals surface area contributed by atoms with Crippen molar-refractivity contribution in [2.24, 2.45) is 0 Å². The summed E-state index contributed by atoms with van der Waals surface area (Å²) < 4.78 is 28.8. The predicted octanol–water partition coefficient (Wildman–Crippen LogP) is 6.46. The van der Waals surface area contributed by atoms with Crippen LogP contribution in [-0.2, 0) is 24.5 Å². The Morgan fingerprint density at radius 1 is 0.725 bits per heavy atom. The Labute approximate surface area is 234 Å². The van der Waals surface area contributed by atoms with Gasteiger partial charge in [0.25, 0.3) is 0 Å². The number of imidazole rings is 1. The highest BCUT2D eigenvalue weighted by molar-refractivity contribution is 5.75. The molecule has 0 spiro atoms. The van der Waals surface area contributed by atoms with Crippen LogP contribution in [0, 0.1) is 0 Å². The Balaban J connectivity index is 1.28. The van der Waals surface area contributed by atoms with Gasteiger partial charge in [0.05, 0.1) is 24.0 Å². The van der Waals surface area contributed by atoms with Crippen LogP contribution >= 0.6 is 0 Å². The van der Waals surface area contributed by atoms with Crippen molar-refractivity contribution in [2.45, 2.75) is 49.8 Å². The Hall–Kier alpha value is -3.81. The third kappa shape index (κ3) is 4.25. The minimum Gasteiger partial charge on any atom is -0.358 e. The summed E-state index contributed by atoms with van der Waals surface area (Å²) in [7, 11) is 0. The van der Waals surface area contributed by atoms with Crippen LogP contribution < -0.4 is 0 Å². The number of para-hydroxylation sites is 2. The van der Waals surface area contributed by atoms with Crippen molar-refractivity contribution >= 4 is 11.0 Å². The fraction of sp³-hybridized carbons (Fsp3) is 0.265. The highest BCUT2D eigenvalue weighted by atomic mass is 16.8. The minimum atomic E-state index is -0.850. The van der Waals surface area contributed by atoms with Crippen LogP contribution in [-0.4, -0.2) is 40.3 Å². The highest BCUT2D eigenvalue weighted by Crippen LogP contribution is 2.46. The van der Waals surface area contributed by atoms with E-state index in [4.69, 9.17) is 18.9 Å². The Kier molecular flexibility index (Phi) is 6.28. The first-order valence-corrected chi connectivity index (χ1v) is 13.8. The van der Waals surface area contributed by atoms with E-state index in [0.29, 0.717) is 6.61 Å². The first kappa shape index (κ1) is 25.2. The zero-order chi connectivity index (χ0) is 27.2. The van der Waals surface area contributed by atoms with Gasteiger partial charge in [0.2, 0.25) is 0 Å². The predicted molar refractivity (Wildman–Crippen MR) is 153 cm³/mol. The maximum absolute atomic E-state index is 7.12. The van der Waals surface area contributed by atoms with Gasteiger partial charge in [0, 0.05) is 0 Å². The fourth-order valence-corrected chi connectivity index (χ4v) is 6.17. The topological polar surface area (TPSA) is 54.7 Å². The maximum Gasteiger partial charge on any atom is 0.165 e. The van der Waals surface area contributed by atoms with Crippen molar-refractivity contribution in [2.75, 3.05) is 6.61 Å². The number of rotatable bonds is 7. The van der Waals surface area contributed by atoms with Crippen molar-refractivity contribution in [3.63, 3.8) is 0 Å². The molecule has 0 saturated carbocycles. The molecule has 5 aromatic rings. The van der Waals surface area contributed by atoms with E-state index in [0.717, 1.165) is 27.7 Å². The van der Waals surface area contributed by atoms with Crippen molar-refractivity contribution in [3.8, 4) is 0 Å². The van der Waals surface area contributed by atoms with Gasteiger partial charge in [-0.25, -0.2) is 4.98 Å². The van der Waals surface area contributed by atoms with Crippen LogP contribution in [0.15, 0.2) is 122 Å². The zero-order valence-corrected chi connectivity index (χ0v) is 22.6. The monoisotopic (exact) mass is 532 g/mol. The minimum absolute atomic E-state index is 0.294. The van der Waals surface area contributed by atoms with Gasteiger partial charge in [-0.3, -0.25) is 0 Å². The molecule has 0 N–H and O–H groups in total. The number of nitrogens with zero attached hydrogens (tertiary/aromatic N) is 2. The third-order valence-electron chi connectivity index (χ3n) is 7.89. The Bertz CT molecular complexity index is 1490. The van der Waals surface area contributed by atoms with Crippen molar-refractivity contribution in [3.05, 3.63) is 138 Å². The second kappa shape index (κ2) is 9.98. The molecule has 0 amide bonds. The van der Waals surface area contributed by atoms with Crippen LogP contribution in [0.5, 0.6) is 0 Å². The lowest BCUT2D eigenvalue weighted by Crippen LogP contribution is -2.39. The van der Waals surface area contributed by atoms with Crippen molar-refractivity contribution in [1.29, 1.82) is 0 Å². The van der Waals surface area contributed by atoms with E-state index in [9.17, 15) is 0 Å². The number of aromatic nitrogens is 2. The molecule has 2 fully saturated rings. The van der Waals surface area contributed by atoms with Crippen LogP contribution in [0.1, 0.15) is 36.8 Å². The first-order valence-electron chi connectivity index (χ1n) is 13.8. The van der Waals surface area contributed by atoms with E-state index >= 15 is 0 Å². The molecule has 0 bridgehead atoms. The summed E-state index contributed by atoms with van der Waals surface area (Å²) in [5.41, 5.74) is 4.19. The molecule has 202 valence electrons. The standard InChI is InChI=1S/C34H32N2O4/c1-33(2)39-30-29(38-32(31(30)40-33)36-23-35-27-20-12-13-21-28(27)36)22-37-34(24-14-6-3-7-15-24,25-16-8-4-9-17-25)26-18-10-5-11-19-26/h3-21,23,29-32H,22H2,1-2H3/t29-,30-,31-,32+/m1/s1. The number of hydrogen-bond acceptors (Lipinski definition) is 5. The average molecular weight is 533 g/mol. The summed E-state index contributed by atoms with van der Waals surface area (Å²) in [6, 6.07) is 39.2. The molecule has 6 heteroatoms. The molecule has 40 heavy (non-hydrogen) atoms. The summed E-state index contributed by atoms with van der Waals surface area (Å²) in [6.45, 7) is 4.20. The molecule has 1 aromatic heterocycles. The summed E-state index contributed by atoms with van der Waals surface area (Å²) in [5.74, 6) is -0.735. The van der Waals surface area contributed by atoms with Crippen LogP contribution in [0.3, 0.4) is 0 Å². The summed E-state index contributed by atoms with van der Waals surface area (Å²) in [4.78, 5) is 4.60. The molecule has 2 aliphatic heterocycles. The molecule has 0 aliphatic carbocycles. The molecule has 6 nitrogen and oxygen atoms in total. The van der Waals surface area contributed by atoms with Gasteiger partial charge in [-0.1, -0.05) is 103 Å². The fourth-order valence-electron chi connectivity index (χ4n) is 6.17. The summed E-state index contributed by atoms with van der Waals surface area (Å²) in [5, 5.41) is 0. The molecule has 7 rings (SSSR count). The van der Waals surface area contributed by atoms with Crippen molar-refractivity contribution in [1.82, 2.24) is 9.55 Å². The SMILES string of the molecule is CC1(C)O[C@@H]2[C@H](O1)[C@@H](COC(c1ccccc1)(c1ccccc1)c1ccccc1)O[C@@H]2n1cnc2ccccc21. The van der Waals surface area contributed by atoms with Gasteiger partial charge < -0.3 is 23.5 Å². The molecule has 0 radical (unpaired) electrons. The largest absolute Gasteiger partial charge is 0.358 e. The quantitative estimate of drug-likeness (QED) is 0.225. The number of fused-ring (bicyclic) bond motifs is 2. The van der Waals surface area contributed by atoms with E-state index in [-0.39, 0.29) is 18.3 Å². The number of ether oxygens (including phenoxy) is 4. The summed E-state index contributed by atoms with van der Waals surface area (Å²) in [6.07, 6.45) is 0.453. The smallest absolute Gasteiger partial charge is 0.165 e. The molecule has 4 atom stereocenters. The van der Waals surface area contributed by atoms with E-state index in [2.05, 4.69) is 88.4 Å². The molecular weight excluding hydrogens is 500 g/mol. The molecule has 2 saturated heterocycles. The van der Waals surface area contributed by atoms with E-state index in [1.165, 1.54) is 0 Å². The molecule has 3 heterocycles. The first-order chi connectivity index (χ1) is 19.6. The van der Waals surface area contributed by atoms with E-state index in [1.54, 1.807) is 0 Å².